The van der Waals surface area contributed by atoms with E-state index in [0.29, 0.717) is 25.9 Å². The lowest BCUT2D eigenvalue weighted by molar-refractivity contribution is -0.138. The van der Waals surface area contributed by atoms with Gasteiger partial charge in [-0.3, -0.25) is 0 Å². The van der Waals surface area contributed by atoms with Crippen molar-refractivity contribution in [1.82, 2.24) is 8.61 Å². The highest BCUT2D eigenvalue weighted by Crippen LogP contribution is 2.33. The first kappa shape index (κ1) is 28.4. The van der Waals surface area contributed by atoms with Crippen LogP contribution in [0.15, 0.2) is 59.0 Å². The number of hydrogen-bond donors (Lipinski definition) is 0. The highest BCUT2D eigenvalue weighted by atomic mass is 32.2. The second-order valence-electron chi connectivity index (χ2n) is 9.38. The topological polar surface area (TPSA) is 74.8 Å². The Morgan fingerprint density at radius 2 is 1.56 bits per heavy atom. The zero-order chi connectivity index (χ0) is 26.7. The normalized spacial score (nSPS) is 16.1. The molecule has 0 N–H and O–H groups in total. The van der Waals surface area contributed by atoms with Crippen molar-refractivity contribution in [3.8, 4) is 0 Å². The lowest BCUT2D eigenvalue weighted by Crippen LogP contribution is -2.35. The van der Waals surface area contributed by atoms with Crippen molar-refractivity contribution in [2.45, 2.75) is 44.3 Å². The van der Waals surface area contributed by atoms with Gasteiger partial charge in [-0.15, -0.1) is 0 Å². The Kier molecular flexibility index (Phi) is 8.70. The SMILES string of the molecule is CC(C)CN(Cc1ccccc1C(F)(F)F)S(=O)(=O)c1ccc(C=C2CCN(S(C)(=O)=O)CC2)cc1. The van der Waals surface area contributed by atoms with Crippen molar-refractivity contribution in [1.29, 1.82) is 0 Å². The number of halogens is 3. The number of rotatable bonds is 8. The molecule has 0 saturated carbocycles. The summed E-state index contributed by atoms with van der Waals surface area (Å²) in [6.45, 7) is 4.10. The van der Waals surface area contributed by atoms with E-state index in [1.807, 2.05) is 19.9 Å². The number of sulfonamides is 2. The molecule has 1 heterocycles. The van der Waals surface area contributed by atoms with Crippen molar-refractivity contribution in [3.05, 3.63) is 70.8 Å². The van der Waals surface area contributed by atoms with Gasteiger partial charge in [-0.25, -0.2) is 21.1 Å². The molecule has 1 aliphatic rings. The molecule has 198 valence electrons. The van der Waals surface area contributed by atoms with Gasteiger partial charge in [0.15, 0.2) is 0 Å². The average Bonchev–Trinajstić information content (AvgIpc) is 2.78. The van der Waals surface area contributed by atoms with Crippen molar-refractivity contribution >= 4 is 26.1 Å². The Labute approximate surface area is 211 Å². The maximum absolute atomic E-state index is 13.5. The van der Waals surface area contributed by atoms with Crippen LogP contribution in [-0.4, -0.2) is 51.3 Å². The molecule has 0 atom stereocenters. The van der Waals surface area contributed by atoms with Gasteiger partial charge in [0, 0.05) is 26.2 Å². The molecular weight excluding hydrogens is 513 g/mol. The summed E-state index contributed by atoms with van der Waals surface area (Å²) in [6.07, 6.45) is -0.301. The Bertz CT molecular complexity index is 1290. The average molecular weight is 545 g/mol. The van der Waals surface area contributed by atoms with E-state index in [2.05, 4.69) is 0 Å². The molecule has 0 amide bonds. The summed E-state index contributed by atoms with van der Waals surface area (Å²) in [5.41, 5.74) is 0.888. The van der Waals surface area contributed by atoms with Crippen molar-refractivity contribution in [3.63, 3.8) is 0 Å². The van der Waals surface area contributed by atoms with Gasteiger partial charge in [-0.1, -0.05) is 55.8 Å². The standard InChI is InChI=1S/C25H31F3N2O4S2/c1-19(2)17-30(18-22-6-4-5-7-24(22)25(26,27)28)36(33,34)23-10-8-20(9-11-23)16-21-12-14-29(15-13-21)35(3,31)32/h4-11,16,19H,12-15,17-18H2,1-3H3. The van der Waals surface area contributed by atoms with E-state index in [9.17, 15) is 30.0 Å². The number of piperidine rings is 1. The third kappa shape index (κ3) is 7.18. The highest BCUT2D eigenvalue weighted by molar-refractivity contribution is 7.89. The Hall–Kier alpha value is -2.21. The Morgan fingerprint density at radius 3 is 2.08 bits per heavy atom. The summed E-state index contributed by atoms with van der Waals surface area (Å²) in [5.74, 6) is -0.0976. The molecule has 0 aliphatic carbocycles. The van der Waals surface area contributed by atoms with Crippen LogP contribution in [-0.2, 0) is 32.8 Å². The van der Waals surface area contributed by atoms with Crippen LogP contribution in [0.1, 0.15) is 43.4 Å². The van der Waals surface area contributed by atoms with Gasteiger partial charge in [0.1, 0.15) is 0 Å². The van der Waals surface area contributed by atoms with E-state index in [0.717, 1.165) is 21.5 Å². The van der Waals surface area contributed by atoms with Crippen LogP contribution in [0.2, 0.25) is 0 Å². The molecule has 2 aromatic rings. The molecule has 2 aromatic carbocycles. The van der Waals surface area contributed by atoms with Gasteiger partial charge in [0.05, 0.1) is 16.7 Å². The van der Waals surface area contributed by atoms with Crippen LogP contribution in [0.4, 0.5) is 13.2 Å². The van der Waals surface area contributed by atoms with Gasteiger partial charge >= 0.3 is 6.18 Å². The van der Waals surface area contributed by atoms with Gasteiger partial charge in [0.2, 0.25) is 20.0 Å². The molecule has 3 rings (SSSR count). The molecule has 0 spiro atoms. The third-order valence-electron chi connectivity index (χ3n) is 5.96. The fourth-order valence-electron chi connectivity index (χ4n) is 4.15. The van der Waals surface area contributed by atoms with E-state index >= 15 is 0 Å². The van der Waals surface area contributed by atoms with Crippen molar-refractivity contribution < 1.29 is 30.0 Å². The molecule has 1 aliphatic heterocycles. The quantitative estimate of drug-likeness (QED) is 0.469. The summed E-state index contributed by atoms with van der Waals surface area (Å²) in [5, 5.41) is 0. The van der Waals surface area contributed by atoms with E-state index < -0.39 is 38.3 Å². The van der Waals surface area contributed by atoms with E-state index in [1.165, 1.54) is 40.9 Å². The van der Waals surface area contributed by atoms with Crippen molar-refractivity contribution in [2.75, 3.05) is 25.9 Å². The molecule has 36 heavy (non-hydrogen) atoms. The summed E-state index contributed by atoms with van der Waals surface area (Å²) >= 11 is 0. The van der Waals surface area contributed by atoms with E-state index in [4.69, 9.17) is 0 Å². The van der Waals surface area contributed by atoms with Gasteiger partial charge in [0.25, 0.3) is 0 Å². The number of hydrogen-bond acceptors (Lipinski definition) is 4. The molecule has 6 nitrogen and oxygen atoms in total. The second kappa shape index (κ2) is 11.0. The first-order chi connectivity index (χ1) is 16.7. The largest absolute Gasteiger partial charge is 0.416 e. The van der Waals surface area contributed by atoms with Crippen LogP contribution in [0.3, 0.4) is 0 Å². The Morgan fingerprint density at radius 1 is 0.972 bits per heavy atom. The molecule has 11 heteroatoms. The molecule has 0 unspecified atom stereocenters. The fraction of sp³-hybridized carbons (Fsp3) is 0.440. The molecule has 0 bridgehead atoms. The minimum atomic E-state index is -4.59. The van der Waals surface area contributed by atoms with E-state index in [1.54, 1.807) is 12.1 Å². The first-order valence-corrected chi connectivity index (χ1v) is 14.9. The maximum atomic E-state index is 13.5. The monoisotopic (exact) mass is 544 g/mol. The van der Waals surface area contributed by atoms with Crippen LogP contribution in [0.5, 0.6) is 0 Å². The van der Waals surface area contributed by atoms with Crippen LogP contribution in [0, 0.1) is 5.92 Å². The summed E-state index contributed by atoms with van der Waals surface area (Å²) < 4.78 is 93.2. The van der Waals surface area contributed by atoms with Gasteiger partial charge in [-0.05, 0) is 48.1 Å². The first-order valence-electron chi connectivity index (χ1n) is 11.6. The molecular formula is C25H31F3N2O4S2. The zero-order valence-corrected chi connectivity index (χ0v) is 22.1. The molecule has 0 radical (unpaired) electrons. The predicted octanol–water partition coefficient (Wildman–Crippen LogP) is 4.99. The minimum absolute atomic E-state index is 0.00156. The zero-order valence-electron chi connectivity index (χ0n) is 20.5. The molecule has 0 aromatic heterocycles. The smallest absolute Gasteiger partial charge is 0.213 e. The number of benzene rings is 2. The summed E-state index contributed by atoms with van der Waals surface area (Å²) in [6, 6.07) is 11.2. The van der Waals surface area contributed by atoms with Crippen molar-refractivity contribution in [2.24, 2.45) is 5.92 Å². The predicted molar refractivity (Wildman–Crippen MR) is 134 cm³/mol. The van der Waals surface area contributed by atoms with Gasteiger partial charge in [-0.2, -0.15) is 17.5 Å². The van der Waals surface area contributed by atoms with Crippen LogP contribution in [0.25, 0.3) is 6.08 Å². The number of alkyl halides is 3. The molecule has 1 fully saturated rings. The second-order valence-corrected chi connectivity index (χ2v) is 13.3. The van der Waals surface area contributed by atoms with E-state index in [-0.39, 0.29) is 22.9 Å². The highest BCUT2D eigenvalue weighted by Gasteiger charge is 2.35. The van der Waals surface area contributed by atoms with Gasteiger partial charge < -0.3 is 0 Å². The summed E-state index contributed by atoms with van der Waals surface area (Å²) in [4.78, 5) is 0.00156. The number of nitrogens with zero attached hydrogens (tertiary/aromatic N) is 2. The lowest BCUT2D eigenvalue weighted by atomic mass is 10.0. The molecule has 1 saturated heterocycles. The lowest BCUT2D eigenvalue weighted by Gasteiger charge is -2.26. The third-order valence-corrected chi connectivity index (χ3v) is 9.09. The minimum Gasteiger partial charge on any atom is -0.213 e. The van der Waals surface area contributed by atoms with Crippen LogP contribution >= 0.6 is 0 Å². The maximum Gasteiger partial charge on any atom is 0.416 e. The Balaban J connectivity index is 1.83. The summed E-state index contributed by atoms with van der Waals surface area (Å²) in [7, 11) is -7.28. The fourth-order valence-corrected chi connectivity index (χ4v) is 6.58. The van der Waals surface area contributed by atoms with Crippen LogP contribution < -0.4 is 0 Å².